The first-order valence-electron chi connectivity index (χ1n) is 8.52. The van der Waals surface area contributed by atoms with Gasteiger partial charge in [-0.2, -0.15) is 0 Å². The fourth-order valence-electron chi connectivity index (χ4n) is 2.63. The Morgan fingerprint density at radius 1 is 0.962 bits per heavy atom. The second-order valence-electron chi connectivity index (χ2n) is 6.89. The van der Waals surface area contributed by atoms with Crippen LogP contribution in [0.15, 0.2) is 48.5 Å². The molecule has 0 spiro atoms. The molecule has 2 rings (SSSR count). The highest BCUT2D eigenvalue weighted by molar-refractivity contribution is 5.96. The van der Waals surface area contributed by atoms with Crippen molar-refractivity contribution in [1.29, 1.82) is 0 Å². The molecule has 0 bridgehead atoms. The minimum atomic E-state index is -0.455. The van der Waals surface area contributed by atoms with Crippen LogP contribution in [0.1, 0.15) is 47.1 Å². The average molecular weight is 355 g/mol. The maximum absolute atomic E-state index is 12.5. The lowest BCUT2D eigenvalue weighted by Crippen LogP contribution is -2.30. The summed E-state index contributed by atoms with van der Waals surface area (Å²) in [6.45, 7) is 6.80. The summed E-state index contributed by atoms with van der Waals surface area (Å²) < 4.78 is 10.4. The van der Waals surface area contributed by atoms with E-state index >= 15 is 0 Å². The second-order valence-corrected chi connectivity index (χ2v) is 6.89. The monoisotopic (exact) mass is 355 g/mol. The van der Waals surface area contributed by atoms with Gasteiger partial charge < -0.3 is 14.8 Å². The molecule has 0 atom stereocenters. The Kier molecular flexibility index (Phi) is 6.39. The Bertz CT molecular complexity index is 778. The molecule has 5 heteroatoms. The maximum Gasteiger partial charge on any atom is 0.341 e. The van der Waals surface area contributed by atoms with Gasteiger partial charge in [0.25, 0.3) is 5.91 Å². The Morgan fingerprint density at radius 3 is 2.23 bits per heavy atom. The highest BCUT2D eigenvalue weighted by Gasteiger charge is 2.21. The third-order valence-electron chi connectivity index (χ3n) is 3.92. The molecule has 0 aliphatic rings. The van der Waals surface area contributed by atoms with Gasteiger partial charge in [-0.05, 0) is 29.2 Å². The average Bonchev–Trinajstić information content (AvgIpc) is 2.64. The highest BCUT2D eigenvalue weighted by Crippen LogP contribution is 2.25. The summed E-state index contributed by atoms with van der Waals surface area (Å²) in [5.74, 6) is -0.159. The fourth-order valence-corrected chi connectivity index (χ4v) is 2.63. The minimum Gasteiger partial charge on any atom is -0.491 e. The number of ether oxygens (including phenoxy) is 2. The normalized spacial score (nSPS) is 10.9. The molecule has 0 radical (unpaired) electrons. The van der Waals surface area contributed by atoms with Crippen molar-refractivity contribution in [3.8, 4) is 5.75 Å². The summed E-state index contributed by atoms with van der Waals surface area (Å²) in [6, 6.07) is 14.4. The van der Waals surface area contributed by atoms with E-state index in [1.165, 1.54) is 7.11 Å². The summed E-state index contributed by atoms with van der Waals surface area (Å²) in [7, 11) is 1.33. The van der Waals surface area contributed by atoms with Gasteiger partial charge in [-0.1, -0.05) is 51.1 Å². The molecule has 138 valence electrons. The van der Waals surface area contributed by atoms with Crippen molar-refractivity contribution in [2.24, 2.45) is 0 Å². The fraction of sp³-hybridized carbons (Fsp3) is 0.333. The molecule has 2 aromatic carbocycles. The van der Waals surface area contributed by atoms with E-state index in [4.69, 9.17) is 9.47 Å². The van der Waals surface area contributed by atoms with Crippen LogP contribution in [0, 0.1) is 0 Å². The van der Waals surface area contributed by atoms with E-state index in [0.29, 0.717) is 23.4 Å². The number of hydrogen-bond acceptors (Lipinski definition) is 4. The van der Waals surface area contributed by atoms with E-state index in [-0.39, 0.29) is 17.9 Å². The molecule has 0 saturated carbocycles. The number of carbonyl (C=O) groups is 2. The molecular formula is C21H25NO4. The van der Waals surface area contributed by atoms with Gasteiger partial charge in [-0.25, -0.2) is 4.79 Å². The summed E-state index contributed by atoms with van der Waals surface area (Å²) in [5, 5.41) is 2.86. The van der Waals surface area contributed by atoms with Crippen LogP contribution in [0.25, 0.3) is 0 Å². The predicted octanol–water partition coefficient (Wildman–Crippen LogP) is 3.58. The van der Waals surface area contributed by atoms with Crippen molar-refractivity contribution < 1.29 is 19.1 Å². The van der Waals surface area contributed by atoms with Crippen LogP contribution in [0.2, 0.25) is 0 Å². The van der Waals surface area contributed by atoms with Gasteiger partial charge in [0, 0.05) is 5.56 Å². The molecule has 0 unspecified atom stereocenters. The highest BCUT2D eigenvalue weighted by atomic mass is 16.5. The smallest absolute Gasteiger partial charge is 0.341 e. The number of rotatable bonds is 6. The third kappa shape index (κ3) is 4.85. The molecule has 0 heterocycles. The number of methoxy groups -OCH3 is 1. The Hall–Kier alpha value is -2.82. The summed E-state index contributed by atoms with van der Waals surface area (Å²) >= 11 is 0. The summed E-state index contributed by atoms with van der Waals surface area (Å²) in [6.07, 6.45) is 0. The van der Waals surface area contributed by atoms with E-state index in [1.807, 2.05) is 24.3 Å². The summed E-state index contributed by atoms with van der Waals surface area (Å²) in [5.41, 5.74) is 1.90. The van der Waals surface area contributed by atoms with Crippen LogP contribution >= 0.6 is 0 Å². The minimum absolute atomic E-state index is 0.121. The quantitative estimate of drug-likeness (QED) is 0.635. The van der Waals surface area contributed by atoms with Crippen molar-refractivity contribution in [3.05, 3.63) is 65.2 Å². The topological polar surface area (TPSA) is 64.6 Å². The number of para-hydroxylation sites is 1. The Balaban J connectivity index is 1.96. The van der Waals surface area contributed by atoms with Gasteiger partial charge in [0.05, 0.1) is 13.7 Å². The van der Waals surface area contributed by atoms with Gasteiger partial charge in [0.15, 0.2) is 0 Å². The number of benzene rings is 2. The van der Waals surface area contributed by atoms with Crippen LogP contribution in [-0.2, 0) is 10.2 Å². The van der Waals surface area contributed by atoms with Gasteiger partial charge >= 0.3 is 5.97 Å². The lowest BCUT2D eigenvalue weighted by Gasteiger charge is -2.22. The second kappa shape index (κ2) is 8.52. The van der Waals surface area contributed by atoms with Crippen molar-refractivity contribution in [2.75, 3.05) is 20.3 Å². The molecule has 1 N–H and O–H groups in total. The zero-order valence-corrected chi connectivity index (χ0v) is 15.7. The maximum atomic E-state index is 12.5. The molecule has 0 aliphatic heterocycles. The van der Waals surface area contributed by atoms with E-state index < -0.39 is 5.97 Å². The molecule has 0 saturated heterocycles. The van der Waals surface area contributed by atoms with Gasteiger partial charge in [0.2, 0.25) is 0 Å². The molecule has 1 amide bonds. The lowest BCUT2D eigenvalue weighted by atomic mass is 9.83. The lowest BCUT2D eigenvalue weighted by molar-refractivity contribution is 0.0595. The molecule has 0 aromatic heterocycles. The van der Waals surface area contributed by atoms with E-state index in [0.717, 1.165) is 5.56 Å². The Morgan fingerprint density at radius 2 is 1.58 bits per heavy atom. The number of esters is 1. The van der Waals surface area contributed by atoms with Crippen molar-refractivity contribution in [3.63, 3.8) is 0 Å². The zero-order chi connectivity index (χ0) is 19.2. The number of carbonyl (C=O) groups excluding carboxylic acids is 2. The first-order valence-corrected chi connectivity index (χ1v) is 8.52. The largest absolute Gasteiger partial charge is 0.491 e. The third-order valence-corrected chi connectivity index (χ3v) is 3.92. The number of nitrogens with one attached hydrogen (secondary N) is 1. The van der Waals surface area contributed by atoms with Crippen LogP contribution in [-0.4, -0.2) is 32.1 Å². The van der Waals surface area contributed by atoms with Crippen LogP contribution in [0.4, 0.5) is 0 Å². The van der Waals surface area contributed by atoms with Crippen LogP contribution in [0.3, 0.4) is 0 Å². The van der Waals surface area contributed by atoms with Crippen molar-refractivity contribution >= 4 is 11.9 Å². The molecule has 0 aliphatic carbocycles. The van der Waals surface area contributed by atoms with Gasteiger partial charge in [0.1, 0.15) is 17.9 Å². The van der Waals surface area contributed by atoms with Gasteiger partial charge in [-0.15, -0.1) is 0 Å². The first kappa shape index (κ1) is 19.5. The molecule has 2 aromatic rings. The van der Waals surface area contributed by atoms with Crippen LogP contribution in [0.5, 0.6) is 5.75 Å². The molecule has 5 nitrogen and oxygen atoms in total. The molecular weight excluding hydrogens is 330 g/mol. The van der Waals surface area contributed by atoms with E-state index in [2.05, 4.69) is 26.1 Å². The standard InChI is InChI=1S/C21H25NO4/c1-21(2,3)17-11-7-5-9-15(17)19(23)22-13-14-26-18-12-8-6-10-16(18)20(24)25-4/h5-12H,13-14H2,1-4H3,(H,22,23). The molecule has 26 heavy (non-hydrogen) atoms. The van der Waals surface area contributed by atoms with Gasteiger partial charge in [-0.3, -0.25) is 4.79 Å². The van der Waals surface area contributed by atoms with E-state index in [9.17, 15) is 9.59 Å². The molecule has 0 fully saturated rings. The summed E-state index contributed by atoms with van der Waals surface area (Å²) in [4.78, 5) is 24.2. The Labute approximate surface area is 154 Å². The number of amides is 1. The van der Waals surface area contributed by atoms with Crippen molar-refractivity contribution in [1.82, 2.24) is 5.32 Å². The van der Waals surface area contributed by atoms with Crippen molar-refractivity contribution in [2.45, 2.75) is 26.2 Å². The predicted molar refractivity (Wildman–Crippen MR) is 101 cm³/mol. The zero-order valence-electron chi connectivity index (χ0n) is 15.7. The SMILES string of the molecule is COC(=O)c1ccccc1OCCNC(=O)c1ccccc1C(C)(C)C. The number of hydrogen-bond donors (Lipinski definition) is 1. The van der Waals surface area contributed by atoms with E-state index in [1.54, 1.807) is 24.3 Å². The van der Waals surface area contributed by atoms with Crippen LogP contribution < -0.4 is 10.1 Å². The first-order chi connectivity index (χ1) is 12.3.